The van der Waals surface area contributed by atoms with Gasteiger partial charge < -0.3 is 4.52 Å². The number of hydrogen-bond donors (Lipinski definition) is 1. The predicted molar refractivity (Wildman–Crippen MR) is 88.1 cm³/mol. The van der Waals surface area contributed by atoms with Gasteiger partial charge in [-0.15, -0.1) is 0 Å². The van der Waals surface area contributed by atoms with Crippen LogP contribution in [-0.4, -0.2) is 12.5 Å². The fraction of sp³-hybridized carbons (Fsp3) is 0.188. The van der Waals surface area contributed by atoms with Crippen LogP contribution in [0, 0.1) is 6.92 Å². The fourth-order valence-electron chi connectivity index (χ4n) is 2.52. The van der Waals surface area contributed by atoms with Gasteiger partial charge in [0.15, 0.2) is 0 Å². The van der Waals surface area contributed by atoms with Crippen molar-refractivity contribution in [3.05, 3.63) is 53.6 Å². The Labute approximate surface area is 133 Å². The molecule has 0 radical (unpaired) electrons. The van der Waals surface area contributed by atoms with E-state index >= 15 is 0 Å². The molecule has 1 unspecified atom stereocenters. The van der Waals surface area contributed by atoms with Gasteiger partial charge in [0.05, 0.1) is 17.5 Å². The maximum atomic E-state index is 12.8. The molecule has 0 spiro atoms. The molecule has 1 aliphatic heterocycles. The molecule has 0 fully saturated rings. The molecule has 22 heavy (non-hydrogen) atoms. The number of rotatable bonds is 4. The zero-order valence-electron chi connectivity index (χ0n) is 12.3. The third kappa shape index (κ3) is 2.72. The number of benzene rings is 2. The summed E-state index contributed by atoms with van der Waals surface area (Å²) in [6, 6.07) is 13.7. The number of nitrogens with one attached hydrogen (secondary N) is 1. The third-order valence-corrected chi connectivity index (χ3v) is 6.63. The van der Waals surface area contributed by atoms with Gasteiger partial charge in [-0.3, -0.25) is 14.4 Å². The molecule has 1 atom stereocenters. The van der Waals surface area contributed by atoms with Crippen LogP contribution >= 0.6 is 19.3 Å². The summed E-state index contributed by atoms with van der Waals surface area (Å²) in [5.41, 5.74) is 1.27. The van der Waals surface area contributed by atoms with E-state index in [-0.39, 0.29) is 12.5 Å². The van der Waals surface area contributed by atoms with Gasteiger partial charge in [0.2, 0.25) is 0 Å². The van der Waals surface area contributed by atoms with Gasteiger partial charge in [-0.1, -0.05) is 30.0 Å². The van der Waals surface area contributed by atoms with Crippen LogP contribution in [-0.2, 0) is 9.09 Å². The van der Waals surface area contributed by atoms with Crippen molar-refractivity contribution in [2.24, 2.45) is 0 Å². The molecule has 114 valence electrons. The summed E-state index contributed by atoms with van der Waals surface area (Å²) in [6.07, 6.45) is 0. The van der Waals surface area contributed by atoms with Crippen LogP contribution < -0.4 is 10.4 Å². The topological polar surface area (TPSA) is 55.4 Å². The Bertz CT molecular complexity index is 776. The highest BCUT2D eigenvalue weighted by Gasteiger charge is 2.41. The summed E-state index contributed by atoms with van der Waals surface area (Å²) in [5.74, 6) is -0.328. The second-order valence-electron chi connectivity index (χ2n) is 4.96. The van der Waals surface area contributed by atoms with Crippen LogP contribution in [0.4, 0.5) is 0 Å². The highest BCUT2D eigenvalue weighted by molar-refractivity contribution is 7.99. The van der Waals surface area contributed by atoms with E-state index in [1.807, 2.05) is 43.3 Å². The molecular formula is C16H16NO3PS. The first-order chi connectivity index (χ1) is 10.5. The van der Waals surface area contributed by atoms with E-state index in [1.54, 1.807) is 24.8 Å². The lowest BCUT2D eigenvalue weighted by Crippen LogP contribution is -2.15. The molecule has 1 amide bonds. The van der Waals surface area contributed by atoms with Gasteiger partial charge in [0.25, 0.3) is 5.91 Å². The summed E-state index contributed by atoms with van der Waals surface area (Å²) in [6.45, 7) is 3.91. The normalized spacial score (nSPS) is 19.8. The second kappa shape index (κ2) is 5.92. The van der Waals surface area contributed by atoms with Gasteiger partial charge in [-0.2, -0.15) is 0 Å². The smallest absolute Gasteiger partial charge is 0.310 e. The lowest BCUT2D eigenvalue weighted by atomic mass is 10.1. The number of amides is 1. The Morgan fingerprint density at radius 1 is 1.18 bits per heavy atom. The zero-order valence-corrected chi connectivity index (χ0v) is 14.0. The van der Waals surface area contributed by atoms with E-state index in [9.17, 15) is 9.36 Å². The lowest BCUT2D eigenvalue weighted by molar-refractivity contribution is 0.0982. The molecule has 0 aliphatic carbocycles. The molecule has 3 rings (SSSR count). The van der Waals surface area contributed by atoms with Crippen molar-refractivity contribution in [3.8, 4) is 0 Å². The van der Waals surface area contributed by atoms with Crippen molar-refractivity contribution >= 4 is 30.5 Å². The minimum Gasteiger partial charge on any atom is -0.310 e. The summed E-state index contributed by atoms with van der Waals surface area (Å²) in [7, 11) is -3.26. The molecule has 2 aromatic rings. The van der Waals surface area contributed by atoms with Crippen LogP contribution in [0.25, 0.3) is 0 Å². The quantitative estimate of drug-likeness (QED) is 0.866. The third-order valence-electron chi connectivity index (χ3n) is 3.35. The van der Waals surface area contributed by atoms with E-state index < -0.39 is 7.52 Å². The highest BCUT2D eigenvalue weighted by Crippen LogP contribution is 2.48. The summed E-state index contributed by atoms with van der Waals surface area (Å²) in [4.78, 5) is 14.2. The van der Waals surface area contributed by atoms with Gasteiger partial charge in [-0.25, -0.2) is 0 Å². The standard InChI is InChI=1S/C16H16NO3PS/c1-3-20-21(19)15-11(2)9-13(10-14(15)16(18)17-21)22-12-7-5-4-6-8-12/h4-10H,3H2,1-2H3,(H,17,18,19). The number of hydrogen-bond acceptors (Lipinski definition) is 4. The second-order valence-corrected chi connectivity index (χ2v) is 8.14. The summed E-state index contributed by atoms with van der Waals surface area (Å²) >= 11 is 1.57. The Balaban J connectivity index is 2.02. The predicted octanol–water partition coefficient (Wildman–Crippen LogP) is 3.74. The largest absolute Gasteiger partial charge is 0.327 e. The molecule has 0 bridgehead atoms. The molecule has 0 aromatic heterocycles. The number of aryl methyl sites for hydroxylation is 1. The molecule has 1 aliphatic rings. The van der Waals surface area contributed by atoms with Crippen molar-refractivity contribution in [1.82, 2.24) is 5.09 Å². The lowest BCUT2D eigenvalue weighted by Gasteiger charge is -2.14. The monoisotopic (exact) mass is 333 g/mol. The maximum Gasteiger partial charge on any atom is 0.327 e. The van der Waals surface area contributed by atoms with E-state index in [0.717, 1.165) is 15.4 Å². The molecule has 1 N–H and O–H groups in total. The zero-order chi connectivity index (χ0) is 15.7. The average molecular weight is 333 g/mol. The van der Waals surface area contributed by atoms with Crippen LogP contribution in [0.2, 0.25) is 0 Å². The summed E-state index contributed by atoms with van der Waals surface area (Å²) < 4.78 is 18.1. The molecule has 0 saturated heterocycles. The number of carbonyl (C=O) groups is 1. The average Bonchev–Trinajstić information content (AvgIpc) is 2.72. The number of carbonyl (C=O) groups excluding carboxylic acids is 1. The SMILES string of the molecule is CCOP1(=O)NC(=O)c2cc(Sc3ccccc3)cc(C)c21. The fourth-order valence-corrected chi connectivity index (χ4v) is 5.57. The van der Waals surface area contributed by atoms with Crippen molar-refractivity contribution in [2.45, 2.75) is 23.6 Å². The highest BCUT2D eigenvalue weighted by atomic mass is 32.2. The Hall–Kier alpha value is -1.55. The van der Waals surface area contributed by atoms with Crippen LogP contribution in [0.1, 0.15) is 22.8 Å². The van der Waals surface area contributed by atoms with Crippen LogP contribution in [0.5, 0.6) is 0 Å². The van der Waals surface area contributed by atoms with Crippen LogP contribution in [0.15, 0.2) is 52.3 Å². The molecule has 0 saturated carbocycles. The Kier molecular flexibility index (Phi) is 4.13. The van der Waals surface area contributed by atoms with E-state index in [1.165, 1.54) is 0 Å². The Morgan fingerprint density at radius 2 is 1.91 bits per heavy atom. The van der Waals surface area contributed by atoms with E-state index in [0.29, 0.717) is 10.9 Å². The Morgan fingerprint density at radius 3 is 2.59 bits per heavy atom. The van der Waals surface area contributed by atoms with Crippen molar-refractivity contribution in [3.63, 3.8) is 0 Å². The molecule has 6 heteroatoms. The first-order valence-corrected chi connectivity index (χ1v) is 9.43. The van der Waals surface area contributed by atoms with Crippen molar-refractivity contribution in [2.75, 3.05) is 6.61 Å². The molecular weight excluding hydrogens is 317 g/mol. The minimum atomic E-state index is -3.26. The molecule has 1 heterocycles. The van der Waals surface area contributed by atoms with Crippen molar-refractivity contribution in [1.29, 1.82) is 0 Å². The van der Waals surface area contributed by atoms with Gasteiger partial charge in [0, 0.05) is 9.79 Å². The summed E-state index contributed by atoms with van der Waals surface area (Å²) in [5, 5.41) is 3.02. The first-order valence-electron chi connectivity index (χ1n) is 6.99. The van der Waals surface area contributed by atoms with Crippen LogP contribution in [0.3, 0.4) is 0 Å². The van der Waals surface area contributed by atoms with Gasteiger partial charge >= 0.3 is 7.52 Å². The first kappa shape index (κ1) is 15.3. The molecule has 4 nitrogen and oxygen atoms in total. The van der Waals surface area contributed by atoms with E-state index in [4.69, 9.17) is 4.52 Å². The number of fused-ring (bicyclic) bond motifs is 1. The minimum absolute atomic E-state index is 0.289. The van der Waals surface area contributed by atoms with Gasteiger partial charge in [0.1, 0.15) is 0 Å². The van der Waals surface area contributed by atoms with E-state index in [2.05, 4.69) is 5.09 Å². The maximum absolute atomic E-state index is 12.8. The van der Waals surface area contributed by atoms with Gasteiger partial charge in [-0.05, 0) is 43.7 Å². The molecule has 2 aromatic carbocycles. The van der Waals surface area contributed by atoms with Crippen molar-refractivity contribution < 1.29 is 13.9 Å².